The Hall–Kier alpha value is -1.26. The molecule has 0 saturated carbocycles. The number of halogens is 2. The van der Waals surface area contributed by atoms with Crippen LogP contribution in [0, 0.1) is 6.92 Å². The van der Waals surface area contributed by atoms with Crippen LogP contribution in [0.4, 0.5) is 0 Å². The summed E-state index contributed by atoms with van der Waals surface area (Å²) in [6, 6.07) is 1.42. The predicted molar refractivity (Wildman–Crippen MR) is 53.5 cm³/mol. The molecule has 0 N–H and O–H groups in total. The van der Waals surface area contributed by atoms with Gasteiger partial charge in [-0.3, -0.25) is 9.59 Å². The maximum atomic E-state index is 11.0. The van der Waals surface area contributed by atoms with Crippen molar-refractivity contribution in [3.8, 4) is 0 Å². The molecule has 1 aromatic carbocycles. The second kappa shape index (κ2) is 3.40. The monoisotopic (exact) mass is 242 g/mol. The van der Waals surface area contributed by atoms with Crippen molar-refractivity contribution < 1.29 is 9.59 Å². The molecule has 1 aromatic rings. The van der Waals surface area contributed by atoms with Crippen molar-refractivity contribution in [2.24, 2.45) is 9.98 Å². The Morgan fingerprint density at radius 3 is 2.40 bits per heavy atom. The summed E-state index contributed by atoms with van der Waals surface area (Å²) in [6.07, 6.45) is 0. The topological polar surface area (TPSA) is 58.9 Å². The van der Waals surface area contributed by atoms with Gasteiger partial charge in [-0.05, 0) is 18.6 Å². The van der Waals surface area contributed by atoms with Gasteiger partial charge in [0, 0.05) is 0 Å². The third-order valence-corrected chi connectivity index (χ3v) is 2.90. The van der Waals surface area contributed by atoms with Crippen LogP contribution >= 0.6 is 23.2 Å². The van der Waals surface area contributed by atoms with Gasteiger partial charge < -0.3 is 0 Å². The van der Waals surface area contributed by atoms with Gasteiger partial charge in [0.15, 0.2) is 0 Å². The second-order valence-corrected chi connectivity index (χ2v) is 3.78. The van der Waals surface area contributed by atoms with Crippen LogP contribution < -0.4 is 10.7 Å². The van der Waals surface area contributed by atoms with E-state index in [2.05, 4.69) is 9.98 Å². The van der Waals surface area contributed by atoms with Crippen molar-refractivity contribution in [3.63, 3.8) is 0 Å². The lowest BCUT2D eigenvalue weighted by Crippen LogP contribution is -2.36. The zero-order valence-corrected chi connectivity index (χ0v) is 9.06. The van der Waals surface area contributed by atoms with Crippen molar-refractivity contribution in [1.82, 2.24) is 0 Å². The number of amides is 2. The van der Waals surface area contributed by atoms with E-state index in [-0.39, 0.29) is 10.4 Å². The largest absolute Gasteiger partial charge is 0.338 e. The minimum atomic E-state index is -0.889. The summed E-state index contributed by atoms with van der Waals surface area (Å²) in [5, 5.41) is 1.20. The summed E-state index contributed by atoms with van der Waals surface area (Å²) in [5.41, 5.74) is 0.545. The van der Waals surface area contributed by atoms with Gasteiger partial charge in [-0.15, -0.1) is 0 Å². The van der Waals surface area contributed by atoms with Gasteiger partial charge >= 0.3 is 11.8 Å². The van der Waals surface area contributed by atoms with Gasteiger partial charge in [0.1, 0.15) is 0 Å². The van der Waals surface area contributed by atoms with Crippen LogP contribution in [0.25, 0.3) is 0 Å². The summed E-state index contributed by atoms with van der Waals surface area (Å²) in [7, 11) is 0. The first-order chi connectivity index (χ1) is 7.00. The molecule has 76 valence electrons. The van der Waals surface area contributed by atoms with Crippen molar-refractivity contribution in [2.75, 3.05) is 0 Å². The van der Waals surface area contributed by atoms with Crippen LogP contribution in [0.1, 0.15) is 5.56 Å². The maximum absolute atomic E-state index is 11.0. The SMILES string of the molecule is Cc1c(Cl)c(Cl)cc2c1=NC(=O)C(=O)N=2. The third kappa shape index (κ3) is 1.56. The lowest BCUT2D eigenvalue weighted by atomic mass is 10.2. The Labute approximate surface area is 94.2 Å². The minimum absolute atomic E-state index is 0.284. The number of nitrogens with zero attached hydrogens (tertiary/aromatic N) is 2. The molecule has 0 aromatic heterocycles. The molecule has 1 aliphatic heterocycles. The fourth-order valence-electron chi connectivity index (χ4n) is 1.26. The summed E-state index contributed by atoms with van der Waals surface area (Å²) < 4.78 is 0. The first kappa shape index (κ1) is 10.3. The van der Waals surface area contributed by atoms with Gasteiger partial charge in [0.2, 0.25) is 0 Å². The van der Waals surface area contributed by atoms with E-state index in [1.807, 2.05) is 0 Å². The zero-order valence-electron chi connectivity index (χ0n) is 7.54. The lowest BCUT2D eigenvalue weighted by Gasteiger charge is -2.03. The van der Waals surface area contributed by atoms with Crippen molar-refractivity contribution in [3.05, 3.63) is 32.4 Å². The summed E-state index contributed by atoms with van der Waals surface area (Å²) >= 11 is 11.7. The van der Waals surface area contributed by atoms with E-state index in [1.165, 1.54) is 6.07 Å². The molecule has 4 nitrogen and oxygen atoms in total. The standard InChI is InChI=1S/C9H4Cl2N2O2/c1-3-6(11)4(10)2-5-7(3)13-9(15)8(14)12-5/h2H,1H3. The van der Waals surface area contributed by atoms with Gasteiger partial charge in [0.05, 0.1) is 20.8 Å². The normalized spacial score (nSPS) is 14.3. The fraction of sp³-hybridized carbons (Fsp3) is 0.111. The molecule has 0 bridgehead atoms. The van der Waals surface area contributed by atoms with Crippen LogP contribution in [0.5, 0.6) is 0 Å². The van der Waals surface area contributed by atoms with Gasteiger partial charge in [-0.2, -0.15) is 0 Å². The molecule has 0 unspecified atom stereocenters. The Bertz CT molecular complexity index is 608. The molecule has 15 heavy (non-hydrogen) atoms. The number of carbonyl (C=O) groups is 2. The molecular weight excluding hydrogens is 239 g/mol. The van der Waals surface area contributed by atoms with Crippen LogP contribution in [0.2, 0.25) is 10.0 Å². The molecule has 1 heterocycles. The average molecular weight is 243 g/mol. The van der Waals surface area contributed by atoms with Crippen LogP contribution in [-0.4, -0.2) is 11.8 Å². The number of fused-ring (bicyclic) bond motifs is 1. The average Bonchev–Trinajstić information content (AvgIpc) is 2.19. The molecule has 6 heteroatoms. The van der Waals surface area contributed by atoms with E-state index in [0.29, 0.717) is 15.9 Å². The highest BCUT2D eigenvalue weighted by Crippen LogP contribution is 2.20. The smallest absolute Gasteiger partial charge is 0.261 e. The van der Waals surface area contributed by atoms with Gasteiger partial charge in [0.25, 0.3) is 0 Å². The Kier molecular flexibility index (Phi) is 2.32. The summed E-state index contributed by atoms with van der Waals surface area (Å²) in [6.45, 7) is 1.66. The number of benzene rings is 1. The van der Waals surface area contributed by atoms with Crippen LogP contribution in [0.15, 0.2) is 16.1 Å². The highest BCUT2D eigenvalue weighted by atomic mass is 35.5. The fourth-order valence-corrected chi connectivity index (χ4v) is 1.65. The molecule has 0 spiro atoms. The molecule has 0 aliphatic carbocycles. The summed E-state index contributed by atoms with van der Waals surface area (Å²) in [4.78, 5) is 29.2. The van der Waals surface area contributed by atoms with E-state index >= 15 is 0 Å². The van der Waals surface area contributed by atoms with Gasteiger partial charge in [-0.1, -0.05) is 23.2 Å². The highest BCUT2D eigenvalue weighted by Gasteiger charge is 2.17. The molecule has 1 aliphatic rings. The Morgan fingerprint density at radius 2 is 1.73 bits per heavy atom. The molecule has 2 rings (SSSR count). The number of hydrogen-bond donors (Lipinski definition) is 0. The molecule has 0 atom stereocenters. The number of hydrogen-bond acceptors (Lipinski definition) is 2. The van der Waals surface area contributed by atoms with E-state index < -0.39 is 11.8 Å². The first-order valence-corrected chi connectivity index (χ1v) is 4.76. The Balaban J connectivity index is 2.97. The molecule has 0 radical (unpaired) electrons. The van der Waals surface area contributed by atoms with E-state index in [9.17, 15) is 9.59 Å². The van der Waals surface area contributed by atoms with Crippen molar-refractivity contribution in [1.29, 1.82) is 0 Å². The van der Waals surface area contributed by atoms with E-state index in [1.54, 1.807) is 6.92 Å². The van der Waals surface area contributed by atoms with Crippen molar-refractivity contribution in [2.45, 2.75) is 6.92 Å². The van der Waals surface area contributed by atoms with E-state index in [0.717, 1.165) is 0 Å². The summed E-state index contributed by atoms with van der Waals surface area (Å²) in [5.74, 6) is -1.77. The van der Waals surface area contributed by atoms with Crippen LogP contribution in [0.3, 0.4) is 0 Å². The minimum Gasteiger partial charge on any atom is -0.261 e. The van der Waals surface area contributed by atoms with Crippen molar-refractivity contribution >= 4 is 35.0 Å². The molecule has 0 saturated heterocycles. The predicted octanol–water partition coefficient (Wildman–Crippen LogP) is 0.608. The highest BCUT2D eigenvalue weighted by molar-refractivity contribution is 6.42. The zero-order chi connectivity index (χ0) is 11.2. The van der Waals surface area contributed by atoms with Crippen LogP contribution in [-0.2, 0) is 9.59 Å². The van der Waals surface area contributed by atoms with Gasteiger partial charge in [-0.25, -0.2) is 9.98 Å². The second-order valence-electron chi connectivity index (χ2n) is 3.00. The third-order valence-electron chi connectivity index (χ3n) is 2.02. The maximum Gasteiger partial charge on any atom is 0.338 e. The quantitative estimate of drug-likeness (QED) is 0.626. The Morgan fingerprint density at radius 1 is 1.13 bits per heavy atom. The van der Waals surface area contributed by atoms with E-state index in [4.69, 9.17) is 23.2 Å². The number of rotatable bonds is 0. The molecular formula is C9H4Cl2N2O2. The first-order valence-electron chi connectivity index (χ1n) is 4.01. The molecule has 0 fully saturated rings. The number of carbonyl (C=O) groups excluding carboxylic acids is 2. The molecule has 2 amide bonds. The lowest BCUT2D eigenvalue weighted by molar-refractivity contribution is -0.135.